The van der Waals surface area contributed by atoms with Gasteiger partial charge in [-0.15, -0.1) is 35.3 Å². The van der Waals surface area contributed by atoms with Gasteiger partial charge in [-0.2, -0.15) is 13.2 Å². The Morgan fingerprint density at radius 1 is 1.25 bits per heavy atom. The molecule has 0 saturated heterocycles. The van der Waals surface area contributed by atoms with Crippen molar-refractivity contribution in [2.24, 2.45) is 4.99 Å². The number of hydrogen-bond donors (Lipinski definition) is 2. The lowest BCUT2D eigenvalue weighted by Gasteiger charge is -2.13. The molecule has 1 aromatic heterocycles. The molecule has 28 heavy (non-hydrogen) atoms. The van der Waals surface area contributed by atoms with Gasteiger partial charge in [0, 0.05) is 26.0 Å². The molecule has 0 bridgehead atoms. The Morgan fingerprint density at radius 3 is 2.54 bits per heavy atom. The Kier molecular flexibility index (Phi) is 9.40. The summed E-state index contributed by atoms with van der Waals surface area (Å²) in [6.45, 7) is 2.54. The average molecular weight is 531 g/mol. The quantitative estimate of drug-likeness (QED) is 0.254. The third-order valence-corrected chi connectivity index (χ3v) is 4.55. The molecule has 0 saturated carbocycles. The van der Waals surface area contributed by atoms with E-state index in [0.717, 1.165) is 23.0 Å². The van der Waals surface area contributed by atoms with E-state index in [4.69, 9.17) is 0 Å². The van der Waals surface area contributed by atoms with Crippen LogP contribution in [0.25, 0.3) is 0 Å². The fraction of sp³-hybridized carbons (Fsp3) is 0.412. The second-order valence-corrected chi connectivity index (χ2v) is 6.70. The van der Waals surface area contributed by atoms with Gasteiger partial charge in [-0.3, -0.25) is 0 Å². The number of hydrogen-bond acceptors (Lipinski definition) is 4. The topological polar surface area (TPSA) is 52.6 Å². The number of anilines is 1. The molecule has 0 fully saturated rings. The Hall–Kier alpha value is -1.63. The van der Waals surface area contributed by atoms with Crippen LogP contribution in [0.2, 0.25) is 0 Å². The van der Waals surface area contributed by atoms with E-state index < -0.39 is 17.6 Å². The Balaban J connectivity index is 0.00000392. The normalized spacial score (nSPS) is 11.8. The first-order valence-corrected chi connectivity index (χ1v) is 9.08. The maximum Gasteiger partial charge on any atom is 0.416 e. The number of nitrogens with zero attached hydrogens (tertiary/aromatic N) is 3. The summed E-state index contributed by atoms with van der Waals surface area (Å²) in [4.78, 5) is 10.5. The molecule has 0 aliphatic carbocycles. The van der Waals surface area contributed by atoms with Gasteiger partial charge in [-0.05, 0) is 24.6 Å². The van der Waals surface area contributed by atoms with Crippen LogP contribution < -0.4 is 15.5 Å². The van der Waals surface area contributed by atoms with Gasteiger partial charge < -0.3 is 15.5 Å². The SMILES string of the molecule is CCNC(=NCc1ccc(F)cc1C(F)(F)F)NCc1csc(N(C)C)n1.I. The minimum atomic E-state index is -4.64. The molecule has 0 unspecified atom stereocenters. The summed E-state index contributed by atoms with van der Waals surface area (Å²) < 4.78 is 52.4. The molecule has 0 atom stereocenters. The van der Waals surface area contributed by atoms with E-state index in [-0.39, 0.29) is 36.1 Å². The summed E-state index contributed by atoms with van der Waals surface area (Å²) in [5.74, 6) is -0.574. The van der Waals surface area contributed by atoms with Crippen LogP contribution in [0.15, 0.2) is 28.6 Å². The Morgan fingerprint density at radius 2 is 1.96 bits per heavy atom. The molecule has 0 spiro atoms. The van der Waals surface area contributed by atoms with Crippen molar-refractivity contribution in [3.8, 4) is 0 Å². The minimum absolute atomic E-state index is 0. The van der Waals surface area contributed by atoms with Crippen LogP contribution in [0.3, 0.4) is 0 Å². The van der Waals surface area contributed by atoms with E-state index in [0.29, 0.717) is 25.1 Å². The summed E-state index contributed by atoms with van der Waals surface area (Å²) in [6, 6.07) is 2.59. The predicted octanol–water partition coefficient (Wildman–Crippen LogP) is 4.24. The molecule has 11 heteroatoms. The highest BCUT2D eigenvalue weighted by Gasteiger charge is 2.33. The van der Waals surface area contributed by atoms with Crippen molar-refractivity contribution in [3.05, 3.63) is 46.2 Å². The fourth-order valence-corrected chi connectivity index (χ4v) is 2.97. The monoisotopic (exact) mass is 531 g/mol. The Labute approximate surface area is 182 Å². The molecule has 5 nitrogen and oxygen atoms in total. The molecule has 2 aromatic rings. The van der Waals surface area contributed by atoms with Crippen LogP contribution in [-0.4, -0.2) is 31.6 Å². The summed E-state index contributed by atoms with van der Waals surface area (Å²) >= 11 is 1.49. The molecule has 2 N–H and O–H groups in total. The number of aliphatic imine (C=N–C) groups is 1. The summed E-state index contributed by atoms with van der Waals surface area (Å²) in [5, 5.41) is 8.76. The first-order chi connectivity index (χ1) is 12.7. The minimum Gasteiger partial charge on any atom is -0.357 e. The van der Waals surface area contributed by atoms with Crippen LogP contribution in [-0.2, 0) is 19.3 Å². The molecule has 1 aromatic carbocycles. The van der Waals surface area contributed by atoms with Crippen molar-refractivity contribution in [2.45, 2.75) is 26.2 Å². The van der Waals surface area contributed by atoms with Crippen molar-refractivity contribution >= 4 is 46.4 Å². The summed E-state index contributed by atoms with van der Waals surface area (Å²) in [5.41, 5.74) is -0.311. The van der Waals surface area contributed by atoms with Crippen molar-refractivity contribution in [1.82, 2.24) is 15.6 Å². The van der Waals surface area contributed by atoms with Gasteiger partial charge in [0.1, 0.15) is 5.82 Å². The first kappa shape index (κ1) is 24.4. The average Bonchev–Trinajstić information content (AvgIpc) is 3.06. The van der Waals surface area contributed by atoms with E-state index >= 15 is 0 Å². The lowest BCUT2D eigenvalue weighted by atomic mass is 10.1. The van der Waals surface area contributed by atoms with Gasteiger partial charge in [0.25, 0.3) is 0 Å². The van der Waals surface area contributed by atoms with Crippen molar-refractivity contribution in [3.63, 3.8) is 0 Å². The van der Waals surface area contributed by atoms with Gasteiger partial charge in [-0.1, -0.05) is 6.07 Å². The van der Waals surface area contributed by atoms with E-state index in [1.54, 1.807) is 0 Å². The molecule has 0 amide bonds. The molecular weight excluding hydrogens is 509 g/mol. The molecular formula is C17H22F4IN5S. The van der Waals surface area contributed by atoms with Crippen LogP contribution in [0.1, 0.15) is 23.7 Å². The van der Waals surface area contributed by atoms with E-state index in [9.17, 15) is 17.6 Å². The third-order valence-electron chi connectivity index (χ3n) is 3.49. The highest BCUT2D eigenvalue weighted by molar-refractivity contribution is 14.0. The number of alkyl halides is 3. The number of thiazole rings is 1. The van der Waals surface area contributed by atoms with E-state index in [1.165, 1.54) is 11.3 Å². The highest BCUT2D eigenvalue weighted by Crippen LogP contribution is 2.32. The number of nitrogens with one attached hydrogen (secondary N) is 2. The van der Waals surface area contributed by atoms with Gasteiger partial charge in [0.05, 0.1) is 24.3 Å². The standard InChI is InChI=1S/C17H21F4N5S.HI/c1-4-22-15(24-9-13-10-27-16(25-13)26(2)3)23-8-11-5-6-12(18)7-14(11)17(19,20)21;/h5-7,10H,4,8-9H2,1-3H3,(H2,22,23,24);1H. The summed E-state index contributed by atoms with van der Waals surface area (Å²) in [7, 11) is 3.78. The number of rotatable bonds is 6. The maximum atomic E-state index is 13.2. The molecule has 0 aliphatic heterocycles. The van der Waals surface area contributed by atoms with Crippen molar-refractivity contribution < 1.29 is 17.6 Å². The largest absolute Gasteiger partial charge is 0.416 e. The predicted molar refractivity (Wildman–Crippen MR) is 115 cm³/mol. The lowest BCUT2D eigenvalue weighted by molar-refractivity contribution is -0.138. The number of aromatic nitrogens is 1. The Bertz CT molecular complexity index is 792. The molecule has 1 heterocycles. The number of benzene rings is 1. The molecule has 0 radical (unpaired) electrons. The van der Waals surface area contributed by atoms with Crippen LogP contribution >= 0.6 is 35.3 Å². The first-order valence-electron chi connectivity index (χ1n) is 8.20. The molecule has 156 valence electrons. The highest BCUT2D eigenvalue weighted by atomic mass is 127. The van der Waals surface area contributed by atoms with Crippen LogP contribution in [0, 0.1) is 5.82 Å². The van der Waals surface area contributed by atoms with E-state index in [2.05, 4.69) is 20.6 Å². The van der Waals surface area contributed by atoms with Crippen LogP contribution in [0.4, 0.5) is 22.7 Å². The summed E-state index contributed by atoms with van der Waals surface area (Å²) in [6.07, 6.45) is -4.64. The fourth-order valence-electron chi connectivity index (χ4n) is 2.21. The van der Waals surface area contributed by atoms with Gasteiger partial charge in [0.2, 0.25) is 0 Å². The third kappa shape index (κ3) is 7.08. The second-order valence-electron chi connectivity index (χ2n) is 5.86. The number of guanidine groups is 1. The smallest absolute Gasteiger partial charge is 0.357 e. The zero-order valence-electron chi connectivity index (χ0n) is 15.6. The van der Waals surface area contributed by atoms with Gasteiger partial charge in [0.15, 0.2) is 11.1 Å². The maximum absolute atomic E-state index is 13.2. The zero-order valence-corrected chi connectivity index (χ0v) is 18.7. The van der Waals surface area contributed by atoms with Gasteiger partial charge >= 0.3 is 6.18 Å². The lowest BCUT2D eigenvalue weighted by Crippen LogP contribution is -2.37. The zero-order chi connectivity index (χ0) is 20.0. The van der Waals surface area contributed by atoms with Crippen LogP contribution in [0.5, 0.6) is 0 Å². The van der Waals surface area contributed by atoms with E-state index in [1.807, 2.05) is 31.3 Å². The molecule has 2 rings (SSSR count). The molecule has 0 aliphatic rings. The van der Waals surface area contributed by atoms with Crippen molar-refractivity contribution in [1.29, 1.82) is 0 Å². The number of halogens is 5. The second kappa shape index (κ2) is 10.8. The van der Waals surface area contributed by atoms with Crippen molar-refractivity contribution in [2.75, 3.05) is 25.5 Å². The van der Waals surface area contributed by atoms with Gasteiger partial charge in [-0.25, -0.2) is 14.4 Å².